The summed E-state index contributed by atoms with van der Waals surface area (Å²) in [5, 5.41) is 9.39. The van der Waals surface area contributed by atoms with Gasteiger partial charge in [-0.3, -0.25) is 9.59 Å². The molecule has 5 nitrogen and oxygen atoms in total. The van der Waals surface area contributed by atoms with Gasteiger partial charge in [0.25, 0.3) is 11.8 Å². The summed E-state index contributed by atoms with van der Waals surface area (Å²) in [5.74, 6) is -0.454. The third-order valence-corrected chi connectivity index (χ3v) is 4.86. The summed E-state index contributed by atoms with van der Waals surface area (Å²) in [5.41, 5.74) is 5.16. The minimum Gasteiger partial charge on any atom is -0.321 e. The van der Waals surface area contributed by atoms with E-state index >= 15 is 0 Å². The number of anilines is 1. The normalized spacial score (nSPS) is 11.1. The van der Waals surface area contributed by atoms with Crippen LogP contribution in [0.4, 0.5) is 5.69 Å². The van der Waals surface area contributed by atoms with Crippen LogP contribution in [0.15, 0.2) is 71.1 Å². The number of hydrazone groups is 1. The topological polar surface area (TPSA) is 70.6 Å². The van der Waals surface area contributed by atoms with E-state index in [2.05, 4.69) is 15.8 Å². The highest BCUT2D eigenvalue weighted by atomic mass is 35.5. The molecule has 3 aromatic rings. The van der Waals surface area contributed by atoms with E-state index in [9.17, 15) is 9.59 Å². The number of halogens is 1. The molecular weight excluding hydrogens is 382 g/mol. The van der Waals surface area contributed by atoms with Gasteiger partial charge >= 0.3 is 0 Å². The predicted octanol–water partition coefficient (Wildman–Crippen LogP) is 4.81. The Balaban J connectivity index is 1.62. The summed E-state index contributed by atoms with van der Waals surface area (Å²) in [6, 6.07) is 17.4. The fourth-order valence-corrected chi connectivity index (χ4v) is 3.01. The first-order chi connectivity index (χ1) is 13.0. The molecular formula is C20H16ClN3O2S. The number of carbonyl (C=O) groups excluding carboxylic acids is 2. The first-order valence-corrected chi connectivity index (χ1v) is 9.34. The second-order valence-corrected chi connectivity index (χ2v) is 7.04. The average Bonchev–Trinajstić information content (AvgIpc) is 3.22. The second-order valence-electron chi connectivity index (χ2n) is 5.65. The molecule has 0 bridgehead atoms. The van der Waals surface area contributed by atoms with Crippen LogP contribution in [0, 0.1) is 0 Å². The average molecular weight is 398 g/mol. The van der Waals surface area contributed by atoms with E-state index in [1.807, 2.05) is 23.6 Å². The third-order valence-electron chi connectivity index (χ3n) is 3.74. The number of nitrogens with zero attached hydrogens (tertiary/aromatic N) is 1. The highest BCUT2D eigenvalue weighted by Gasteiger charge is 2.08. The van der Waals surface area contributed by atoms with Crippen molar-refractivity contribution < 1.29 is 9.59 Å². The molecule has 0 saturated carbocycles. The minimum atomic E-state index is -0.314. The van der Waals surface area contributed by atoms with Crippen LogP contribution in [-0.4, -0.2) is 17.5 Å². The van der Waals surface area contributed by atoms with Gasteiger partial charge in [-0.1, -0.05) is 29.8 Å². The molecule has 0 atom stereocenters. The van der Waals surface area contributed by atoms with Gasteiger partial charge in [0, 0.05) is 16.3 Å². The molecule has 1 aromatic heterocycles. The molecule has 27 heavy (non-hydrogen) atoms. The molecule has 0 aliphatic rings. The van der Waals surface area contributed by atoms with Crippen LogP contribution in [0.5, 0.6) is 0 Å². The van der Waals surface area contributed by atoms with Gasteiger partial charge in [-0.2, -0.15) is 5.10 Å². The maximum Gasteiger partial charge on any atom is 0.271 e. The molecule has 3 rings (SSSR count). The molecule has 0 fully saturated rings. The monoisotopic (exact) mass is 397 g/mol. The molecule has 7 heteroatoms. The van der Waals surface area contributed by atoms with E-state index in [4.69, 9.17) is 11.6 Å². The lowest BCUT2D eigenvalue weighted by Gasteiger charge is -2.06. The van der Waals surface area contributed by atoms with Gasteiger partial charge < -0.3 is 5.32 Å². The van der Waals surface area contributed by atoms with Crippen molar-refractivity contribution in [2.45, 2.75) is 6.92 Å². The van der Waals surface area contributed by atoms with Crippen LogP contribution in [-0.2, 0) is 0 Å². The van der Waals surface area contributed by atoms with E-state index in [1.165, 1.54) is 11.3 Å². The zero-order valence-corrected chi connectivity index (χ0v) is 16.0. The van der Waals surface area contributed by atoms with E-state index < -0.39 is 0 Å². The van der Waals surface area contributed by atoms with Gasteiger partial charge in [-0.25, -0.2) is 5.43 Å². The molecule has 0 aliphatic heterocycles. The highest BCUT2D eigenvalue weighted by molar-refractivity contribution is 7.12. The zero-order chi connectivity index (χ0) is 19.2. The predicted molar refractivity (Wildman–Crippen MR) is 110 cm³/mol. The van der Waals surface area contributed by atoms with Crippen molar-refractivity contribution in [2.75, 3.05) is 5.32 Å². The van der Waals surface area contributed by atoms with Crippen molar-refractivity contribution in [2.24, 2.45) is 5.10 Å². The van der Waals surface area contributed by atoms with Crippen LogP contribution < -0.4 is 10.7 Å². The zero-order valence-electron chi connectivity index (χ0n) is 14.4. The third kappa shape index (κ3) is 5.03. The van der Waals surface area contributed by atoms with Crippen molar-refractivity contribution in [3.8, 4) is 0 Å². The van der Waals surface area contributed by atoms with E-state index in [0.717, 1.165) is 5.56 Å². The summed E-state index contributed by atoms with van der Waals surface area (Å²) >= 11 is 7.20. The van der Waals surface area contributed by atoms with Crippen LogP contribution in [0.1, 0.15) is 32.5 Å². The summed E-state index contributed by atoms with van der Waals surface area (Å²) < 4.78 is 0. The maximum atomic E-state index is 12.1. The van der Waals surface area contributed by atoms with Gasteiger partial charge in [-0.05, 0) is 60.3 Å². The Labute approximate surface area is 165 Å². The summed E-state index contributed by atoms with van der Waals surface area (Å²) in [4.78, 5) is 24.8. The molecule has 0 aliphatic carbocycles. The Morgan fingerprint density at radius 2 is 1.59 bits per heavy atom. The van der Waals surface area contributed by atoms with Gasteiger partial charge in [0.1, 0.15) is 0 Å². The van der Waals surface area contributed by atoms with Gasteiger partial charge in [-0.15, -0.1) is 11.3 Å². The number of hydrogen-bond donors (Lipinski definition) is 2. The van der Waals surface area contributed by atoms with Crippen molar-refractivity contribution in [1.82, 2.24) is 5.43 Å². The maximum absolute atomic E-state index is 12.1. The Kier molecular flexibility index (Phi) is 6.01. The highest BCUT2D eigenvalue weighted by Crippen LogP contribution is 2.15. The fraction of sp³-hybridized carbons (Fsp3) is 0.0500. The summed E-state index contributed by atoms with van der Waals surface area (Å²) in [6.45, 7) is 1.79. The van der Waals surface area contributed by atoms with Crippen molar-refractivity contribution in [1.29, 1.82) is 0 Å². The lowest BCUT2D eigenvalue weighted by atomic mass is 10.1. The SMILES string of the molecule is C/C(=N/NC(=O)c1ccc(Cl)cc1)c1ccc(NC(=O)c2cccs2)cc1. The number of thiophene rings is 1. The minimum absolute atomic E-state index is 0.140. The summed E-state index contributed by atoms with van der Waals surface area (Å²) in [6.07, 6.45) is 0. The molecule has 0 spiro atoms. The largest absolute Gasteiger partial charge is 0.321 e. The molecule has 0 saturated heterocycles. The van der Waals surface area contributed by atoms with Crippen molar-refractivity contribution in [3.63, 3.8) is 0 Å². The van der Waals surface area contributed by atoms with Crippen LogP contribution in [0.25, 0.3) is 0 Å². The molecule has 2 amide bonds. The first kappa shape index (κ1) is 18.8. The Morgan fingerprint density at radius 1 is 0.926 bits per heavy atom. The van der Waals surface area contributed by atoms with Gasteiger partial charge in [0.05, 0.1) is 10.6 Å². The Morgan fingerprint density at radius 3 is 2.22 bits per heavy atom. The number of hydrogen-bond acceptors (Lipinski definition) is 4. The lowest BCUT2D eigenvalue weighted by Crippen LogP contribution is -2.19. The van der Waals surface area contributed by atoms with E-state index in [1.54, 1.807) is 49.4 Å². The molecule has 1 heterocycles. The van der Waals surface area contributed by atoms with Gasteiger partial charge in [0.15, 0.2) is 0 Å². The van der Waals surface area contributed by atoms with E-state index in [0.29, 0.717) is 26.9 Å². The Hall–Kier alpha value is -2.96. The first-order valence-electron chi connectivity index (χ1n) is 8.08. The van der Waals surface area contributed by atoms with Crippen molar-refractivity contribution >= 4 is 46.2 Å². The quantitative estimate of drug-likeness (QED) is 0.479. The second kappa shape index (κ2) is 8.62. The van der Waals surface area contributed by atoms with Gasteiger partial charge in [0.2, 0.25) is 0 Å². The number of carbonyl (C=O) groups is 2. The number of amides is 2. The fourth-order valence-electron chi connectivity index (χ4n) is 2.26. The number of benzene rings is 2. The smallest absolute Gasteiger partial charge is 0.271 e. The molecule has 0 radical (unpaired) electrons. The lowest BCUT2D eigenvalue weighted by molar-refractivity contribution is 0.0954. The molecule has 2 N–H and O–H groups in total. The number of nitrogens with one attached hydrogen (secondary N) is 2. The molecule has 2 aromatic carbocycles. The summed E-state index contributed by atoms with van der Waals surface area (Å²) in [7, 11) is 0. The van der Waals surface area contributed by atoms with Crippen molar-refractivity contribution in [3.05, 3.63) is 87.1 Å². The van der Waals surface area contributed by atoms with Crippen LogP contribution in [0.3, 0.4) is 0 Å². The standard InChI is InChI=1S/C20H16ClN3O2S/c1-13(23-24-19(25)15-4-8-16(21)9-5-15)14-6-10-17(11-7-14)22-20(26)18-3-2-12-27-18/h2-12H,1H3,(H,22,26)(H,24,25)/b23-13-. The van der Waals surface area contributed by atoms with Crippen LogP contribution >= 0.6 is 22.9 Å². The number of rotatable bonds is 5. The molecule has 0 unspecified atom stereocenters. The van der Waals surface area contributed by atoms with E-state index in [-0.39, 0.29) is 11.8 Å². The van der Waals surface area contributed by atoms with Crippen LogP contribution in [0.2, 0.25) is 5.02 Å². The Bertz CT molecular complexity index is 965. The molecule has 136 valence electrons.